The molecule has 6 heteroatoms. The minimum atomic E-state index is 0.214. The number of aromatic nitrogens is 2. The second-order valence-corrected chi connectivity index (χ2v) is 6.00. The Morgan fingerprint density at radius 2 is 2.08 bits per heavy atom. The summed E-state index contributed by atoms with van der Waals surface area (Å²) in [5, 5.41) is 3.97. The van der Waals surface area contributed by atoms with E-state index in [1.807, 2.05) is 24.3 Å². The Morgan fingerprint density at radius 1 is 1.33 bits per heavy atom. The summed E-state index contributed by atoms with van der Waals surface area (Å²) in [5.41, 5.74) is 6.82. The predicted molar refractivity (Wildman–Crippen MR) is 102 cm³/mol. The van der Waals surface area contributed by atoms with Crippen molar-refractivity contribution in [1.82, 2.24) is 15.3 Å². The van der Waals surface area contributed by atoms with E-state index in [-0.39, 0.29) is 5.95 Å². The van der Waals surface area contributed by atoms with Gasteiger partial charge in [-0.3, -0.25) is 0 Å². The average Bonchev–Trinajstić information content (AvgIpc) is 2.57. The number of hydrogen-bond donors (Lipinski definition) is 2. The summed E-state index contributed by atoms with van der Waals surface area (Å²) in [4.78, 5) is 10.4. The van der Waals surface area contributed by atoms with Gasteiger partial charge in [0.15, 0.2) is 0 Å². The highest BCUT2D eigenvalue weighted by molar-refractivity contribution is 6.29. The molecule has 1 fully saturated rings. The van der Waals surface area contributed by atoms with Crippen molar-refractivity contribution in [2.45, 2.75) is 18.9 Å². The van der Waals surface area contributed by atoms with Crippen molar-refractivity contribution < 1.29 is 0 Å². The van der Waals surface area contributed by atoms with Crippen LogP contribution >= 0.6 is 11.6 Å². The number of nitrogen functional groups attached to an aromatic ring is 1. The third-order valence-electron chi connectivity index (χ3n) is 3.93. The van der Waals surface area contributed by atoms with E-state index >= 15 is 0 Å². The standard InChI is InChI=1S/C18H24ClN5/c1-3-5-6-7-14(4-2)13-21-15-8-10-24(11-9-15)17-12-16(19)22-18(20)23-17/h3-7,12,15,21H,1-2,8-11,13H2,(H2,20,22,23)/b6-5-,14-7+. The van der Waals surface area contributed by atoms with Crippen LogP contribution in [-0.4, -0.2) is 35.6 Å². The van der Waals surface area contributed by atoms with Gasteiger partial charge in [0.2, 0.25) is 5.95 Å². The molecule has 0 bridgehead atoms. The van der Waals surface area contributed by atoms with Crippen LogP contribution in [0.5, 0.6) is 0 Å². The molecule has 1 aromatic rings. The van der Waals surface area contributed by atoms with Crippen molar-refractivity contribution >= 4 is 23.4 Å². The molecule has 24 heavy (non-hydrogen) atoms. The summed E-state index contributed by atoms with van der Waals surface area (Å²) in [6, 6.07) is 2.23. The molecule has 0 atom stereocenters. The van der Waals surface area contributed by atoms with Crippen LogP contribution in [0.1, 0.15) is 12.8 Å². The topological polar surface area (TPSA) is 67.1 Å². The zero-order chi connectivity index (χ0) is 17.4. The Bertz CT molecular complexity index is 610. The first-order valence-electron chi connectivity index (χ1n) is 8.01. The molecule has 0 unspecified atom stereocenters. The highest BCUT2D eigenvalue weighted by atomic mass is 35.5. The number of allylic oxidation sites excluding steroid dienone is 4. The number of nitrogens with two attached hydrogens (primary N) is 1. The first kappa shape index (κ1) is 18.2. The summed E-state index contributed by atoms with van der Waals surface area (Å²) in [5.74, 6) is 1.01. The summed E-state index contributed by atoms with van der Waals surface area (Å²) in [7, 11) is 0. The van der Waals surface area contributed by atoms with Crippen LogP contribution in [0.3, 0.4) is 0 Å². The van der Waals surface area contributed by atoms with Gasteiger partial charge in [-0.1, -0.05) is 55.1 Å². The van der Waals surface area contributed by atoms with Gasteiger partial charge >= 0.3 is 0 Å². The predicted octanol–water partition coefficient (Wildman–Crippen LogP) is 3.13. The van der Waals surface area contributed by atoms with Gasteiger partial charge in [0.1, 0.15) is 11.0 Å². The maximum atomic E-state index is 5.95. The Kier molecular flexibility index (Phi) is 7.03. The van der Waals surface area contributed by atoms with E-state index in [0.29, 0.717) is 11.2 Å². The van der Waals surface area contributed by atoms with Crippen LogP contribution in [0.15, 0.2) is 55.2 Å². The Morgan fingerprint density at radius 3 is 2.71 bits per heavy atom. The molecule has 3 N–H and O–H groups in total. The van der Waals surface area contributed by atoms with Crippen LogP contribution in [0.2, 0.25) is 5.15 Å². The first-order chi connectivity index (χ1) is 11.6. The van der Waals surface area contributed by atoms with Crippen LogP contribution in [0.4, 0.5) is 11.8 Å². The molecule has 2 heterocycles. The molecular weight excluding hydrogens is 322 g/mol. The quantitative estimate of drug-likeness (QED) is 0.587. The van der Waals surface area contributed by atoms with Crippen LogP contribution in [-0.2, 0) is 0 Å². The second kappa shape index (κ2) is 9.25. The number of hydrogen-bond acceptors (Lipinski definition) is 5. The van der Waals surface area contributed by atoms with Crippen molar-refractivity contribution in [2.24, 2.45) is 0 Å². The highest BCUT2D eigenvalue weighted by Crippen LogP contribution is 2.21. The number of rotatable bonds is 7. The minimum Gasteiger partial charge on any atom is -0.368 e. The van der Waals surface area contributed by atoms with Crippen molar-refractivity contribution in [1.29, 1.82) is 0 Å². The number of halogens is 1. The zero-order valence-corrected chi connectivity index (χ0v) is 14.5. The van der Waals surface area contributed by atoms with Crippen molar-refractivity contribution in [3.63, 3.8) is 0 Å². The lowest BCUT2D eigenvalue weighted by molar-refractivity contribution is 0.427. The second-order valence-electron chi connectivity index (χ2n) is 5.62. The SMILES string of the molecule is C=C/C=C\C=C(/C=C)CNC1CCN(c2cc(Cl)nc(N)n2)CC1. The summed E-state index contributed by atoms with van der Waals surface area (Å²) in [6.45, 7) is 10.1. The van der Waals surface area contributed by atoms with Crippen LogP contribution < -0.4 is 16.0 Å². The molecule has 0 aromatic carbocycles. The number of anilines is 2. The lowest BCUT2D eigenvalue weighted by Gasteiger charge is -2.33. The zero-order valence-electron chi connectivity index (χ0n) is 13.8. The maximum Gasteiger partial charge on any atom is 0.223 e. The van der Waals surface area contributed by atoms with Gasteiger partial charge in [-0.25, -0.2) is 4.98 Å². The molecular formula is C18H24ClN5. The lowest BCUT2D eigenvalue weighted by Crippen LogP contribution is -2.43. The normalized spacial score (nSPS) is 16.5. The number of nitrogens with one attached hydrogen (secondary N) is 1. The van der Waals surface area contributed by atoms with Crippen LogP contribution in [0, 0.1) is 0 Å². The lowest BCUT2D eigenvalue weighted by atomic mass is 10.0. The molecule has 2 rings (SSSR count). The summed E-state index contributed by atoms with van der Waals surface area (Å²) >= 11 is 5.95. The summed E-state index contributed by atoms with van der Waals surface area (Å²) in [6.07, 6.45) is 11.6. The molecule has 1 aliphatic rings. The Hall–Kier alpha value is -2.11. The number of nitrogens with zero attached hydrogens (tertiary/aromatic N) is 3. The molecule has 1 saturated heterocycles. The molecule has 128 valence electrons. The van der Waals surface area contributed by atoms with E-state index < -0.39 is 0 Å². The van der Waals surface area contributed by atoms with Gasteiger partial charge in [-0.15, -0.1) is 0 Å². The van der Waals surface area contributed by atoms with E-state index in [4.69, 9.17) is 17.3 Å². The third kappa shape index (κ3) is 5.51. The Balaban J connectivity index is 1.84. The third-order valence-corrected chi connectivity index (χ3v) is 4.13. The van der Waals surface area contributed by atoms with E-state index in [1.165, 1.54) is 0 Å². The van der Waals surface area contributed by atoms with E-state index in [2.05, 4.69) is 33.3 Å². The molecule has 0 aliphatic carbocycles. The first-order valence-corrected chi connectivity index (χ1v) is 8.39. The summed E-state index contributed by atoms with van der Waals surface area (Å²) < 4.78 is 0. The molecule has 0 spiro atoms. The smallest absolute Gasteiger partial charge is 0.223 e. The molecule has 0 saturated carbocycles. The van der Waals surface area contributed by atoms with Gasteiger partial charge in [0.25, 0.3) is 0 Å². The fraction of sp³-hybridized carbons (Fsp3) is 0.333. The van der Waals surface area contributed by atoms with E-state index in [9.17, 15) is 0 Å². The average molecular weight is 346 g/mol. The molecule has 1 aromatic heterocycles. The fourth-order valence-electron chi connectivity index (χ4n) is 2.62. The van der Waals surface area contributed by atoms with E-state index in [1.54, 1.807) is 12.1 Å². The monoisotopic (exact) mass is 345 g/mol. The van der Waals surface area contributed by atoms with Gasteiger partial charge in [-0.05, 0) is 18.4 Å². The number of piperidine rings is 1. The largest absolute Gasteiger partial charge is 0.368 e. The van der Waals surface area contributed by atoms with Gasteiger partial charge in [-0.2, -0.15) is 4.98 Å². The van der Waals surface area contributed by atoms with Crippen molar-refractivity contribution in [2.75, 3.05) is 30.3 Å². The Labute approximate surface area is 148 Å². The maximum absolute atomic E-state index is 5.95. The molecule has 5 nitrogen and oxygen atoms in total. The van der Waals surface area contributed by atoms with Crippen LogP contribution in [0.25, 0.3) is 0 Å². The molecule has 0 amide bonds. The fourth-order valence-corrected chi connectivity index (χ4v) is 2.80. The van der Waals surface area contributed by atoms with Crippen molar-refractivity contribution in [3.05, 3.63) is 60.3 Å². The molecule has 1 aliphatic heterocycles. The molecule has 0 radical (unpaired) electrons. The minimum absolute atomic E-state index is 0.214. The van der Waals surface area contributed by atoms with E-state index in [0.717, 1.165) is 43.9 Å². The highest BCUT2D eigenvalue weighted by Gasteiger charge is 2.20. The van der Waals surface area contributed by atoms with Gasteiger partial charge in [0, 0.05) is 31.7 Å². The van der Waals surface area contributed by atoms with Gasteiger partial charge in [0.05, 0.1) is 0 Å². The van der Waals surface area contributed by atoms with Gasteiger partial charge < -0.3 is 16.0 Å². The van der Waals surface area contributed by atoms with Crippen molar-refractivity contribution in [3.8, 4) is 0 Å².